The van der Waals surface area contributed by atoms with Gasteiger partial charge in [0.1, 0.15) is 0 Å². The Morgan fingerprint density at radius 2 is 1.73 bits per heavy atom. The van der Waals surface area contributed by atoms with E-state index in [1.54, 1.807) is 49.4 Å². The summed E-state index contributed by atoms with van der Waals surface area (Å²) in [6, 6.07) is 17.3. The number of urea groups is 1. The number of nitrogens with zero attached hydrogens (tertiary/aromatic N) is 2. The first-order valence-corrected chi connectivity index (χ1v) is 7.84. The van der Waals surface area contributed by atoms with Crippen LogP contribution in [0.1, 0.15) is 23.0 Å². The van der Waals surface area contributed by atoms with Gasteiger partial charge in [-0.1, -0.05) is 36.4 Å². The number of anilines is 1. The number of hydrogen-bond donors (Lipinski definition) is 3. The molecular weight excluding hydrogens is 332 g/mol. The Hall–Kier alpha value is -3.74. The standard InChI is InChI=1S/C19H16N4O3/c1-12(22-23-19(26)20-14-8-3-2-4-9-14)15-11-13-7-5-6-10-16(13)21-17(15)18(24)25/h2-11H,1H3,(H,24,25)(H2,20,23,26). The third-order valence-corrected chi connectivity index (χ3v) is 3.67. The molecule has 7 heteroatoms. The summed E-state index contributed by atoms with van der Waals surface area (Å²) in [6.07, 6.45) is 0. The third-order valence-electron chi connectivity index (χ3n) is 3.67. The summed E-state index contributed by atoms with van der Waals surface area (Å²) in [7, 11) is 0. The Morgan fingerprint density at radius 3 is 2.46 bits per heavy atom. The second-order valence-electron chi connectivity index (χ2n) is 5.51. The molecule has 2 aromatic carbocycles. The maximum absolute atomic E-state index is 11.9. The Kier molecular flexibility index (Phi) is 4.89. The monoisotopic (exact) mass is 348 g/mol. The molecule has 2 amide bonds. The molecule has 0 bridgehead atoms. The van der Waals surface area contributed by atoms with Crippen molar-refractivity contribution in [2.45, 2.75) is 6.92 Å². The van der Waals surface area contributed by atoms with Crippen LogP contribution >= 0.6 is 0 Å². The Morgan fingerprint density at radius 1 is 1.04 bits per heavy atom. The molecule has 0 fully saturated rings. The third kappa shape index (κ3) is 3.84. The number of fused-ring (bicyclic) bond motifs is 1. The number of pyridine rings is 1. The molecule has 7 nitrogen and oxygen atoms in total. The maximum Gasteiger partial charge on any atom is 0.355 e. The molecule has 1 heterocycles. The predicted octanol–water partition coefficient (Wildman–Crippen LogP) is 3.48. The number of rotatable bonds is 4. The van der Waals surface area contributed by atoms with E-state index in [0.29, 0.717) is 22.5 Å². The summed E-state index contributed by atoms with van der Waals surface area (Å²) in [5.74, 6) is -1.16. The van der Waals surface area contributed by atoms with Crippen LogP contribution in [-0.2, 0) is 0 Å². The van der Waals surface area contributed by atoms with Gasteiger partial charge in [0.05, 0.1) is 11.2 Å². The topological polar surface area (TPSA) is 104 Å². The molecule has 0 atom stereocenters. The number of carbonyl (C=O) groups is 2. The van der Waals surface area contributed by atoms with Crippen LogP contribution in [0.25, 0.3) is 10.9 Å². The Labute approximate surface area is 149 Å². The lowest BCUT2D eigenvalue weighted by Gasteiger charge is -2.08. The normalized spacial score (nSPS) is 11.2. The van der Waals surface area contributed by atoms with E-state index in [0.717, 1.165) is 5.39 Å². The predicted molar refractivity (Wildman–Crippen MR) is 99.5 cm³/mol. The molecule has 0 aliphatic heterocycles. The molecular formula is C19H16N4O3. The zero-order valence-electron chi connectivity index (χ0n) is 13.9. The van der Waals surface area contributed by atoms with Gasteiger partial charge < -0.3 is 10.4 Å². The number of benzene rings is 2. The van der Waals surface area contributed by atoms with E-state index in [1.165, 1.54) is 0 Å². The summed E-state index contributed by atoms with van der Waals surface area (Å²) in [5, 5.41) is 16.8. The molecule has 3 N–H and O–H groups in total. The fourth-order valence-electron chi connectivity index (χ4n) is 2.43. The summed E-state index contributed by atoms with van der Waals surface area (Å²) in [5.41, 5.74) is 4.13. The molecule has 0 radical (unpaired) electrons. The second kappa shape index (κ2) is 7.43. The van der Waals surface area contributed by atoms with E-state index in [-0.39, 0.29) is 5.69 Å². The van der Waals surface area contributed by atoms with Crippen molar-refractivity contribution in [1.82, 2.24) is 10.4 Å². The average molecular weight is 348 g/mol. The van der Waals surface area contributed by atoms with Gasteiger partial charge >= 0.3 is 12.0 Å². The van der Waals surface area contributed by atoms with E-state index in [1.807, 2.05) is 18.2 Å². The first-order chi connectivity index (χ1) is 12.5. The minimum absolute atomic E-state index is 0.116. The Balaban J connectivity index is 1.85. The number of hydrogen-bond acceptors (Lipinski definition) is 4. The van der Waals surface area contributed by atoms with Crippen molar-refractivity contribution < 1.29 is 14.7 Å². The van der Waals surface area contributed by atoms with Crippen molar-refractivity contribution in [2.75, 3.05) is 5.32 Å². The molecule has 0 unspecified atom stereocenters. The summed E-state index contributed by atoms with van der Waals surface area (Å²) in [6.45, 7) is 1.61. The van der Waals surface area contributed by atoms with Crippen molar-refractivity contribution in [3.05, 3.63) is 71.9 Å². The number of aromatic nitrogens is 1. The number of para-hydroxylation sites is 2. The molecule has 3 rings (SSSR count). The largest absolute Gasteiger partial charge is 0.476 e. The molecule has 0 spiro atoms. The van der Waals surface area contributed by atoms with E-state index in [2.05, 4.69) is 20.8 Å². The van der Waals surface area contributed by atoms with Crippen molar-refractivity contribution in [2.24, 2.45) is 5.10 Å². The van der Waals surface area contributed by atoms with Crippen molar-refractivity contribution in [3.63, 3.8) is 0 Å². The molecule has 0 aliphatic carbocycles. The van der Waals surface area contributed by atoms with Gasteiger partial charge in [-0.05, 0) is 31.2 Å². The van der Waals surface area contributed by atoms with Gasteiger partial charge in [0.15, 0.2) is 5.69 Å². The molecule has 3 aromatic rings. The highest BCUT2D eigenvalue weighted by molar-refractivity contribution is 6.09. The lowest BCUT2D eigenvalue weighted by atomic mass is 10.1. The number of carbonyl (C=O) groups excluding carboxylic acids is 1. The van der Waals surface area contributed by atoms with Gasteiger partial charge in [-0.2, -0.15) is 5.10 Å². The van der Waals surface area contributed by atoms with Crippen LogP contribution < -0.4 is 10.7 Å². The highest BCUT2D eigenvalue weighted by Gasteiger charge is 2.16. The summed E-state index contributed by atoms with van der Waals surface area (Å²) in [4.78, 5) is 27.6. The van der Waals surface area contributed by atoms with Crippen LogP contribution in [0.2, 0.25) is 0 Å². The molecule has 1 aromatic heterocycles. The zero-order chi connectivity index (χ0) is 18.5. The van der Waals surface area contributed by atoms with Crippen molar-refractivity contribution in [1.29, 1.82) is 0 Å². The summed E-state index contributed by atoms with van der Waals surface area (Å²) >= 11 is 0. The maximum atomic E-state index is 11.9. The number of aromatic carboxylic acids is 1. The number of carboxylic acid groups (broad SMARTS) is 1. The smallest absolute Gasteiger partial charge is 0.355 e. The van der Waals surface area contributed by atoms with E-state index < -0.39 is 12.0 Å². The minimum atomic E-state index is -1.16. The summed E-state index contributed by atoms with van der Waals surface area (Å²) < 4.78 is 0. The van der Waals surface area contributed by atoms with Gasteiger partial charge in [-0.25, -0.2) is 20.0 Å². The number of hydrazone groups is 1. The van der Waals surface area contributed by atoms with E-state index >= 15 is 0 Å². The van der Waals surface area contributed by atoms with Crippen LogP contribution in [0.15, 0.2) is 65.8 Å². The lowest BCUT2D eigenvalue weighted by Crippen LogP contribution is -2.25. The lowest BCUT2D eigenvalue weighted by molar-refractivity contribution is 0.0690. The second-order valence-corrected chi connectivity index (χ2v) is 5.51. The fourth-order valence-corrected chi connectivity index (χ4v) is 2.43. The number of nitrogens with one attached hydrogen (secondary N) is 2. The Bertz CT molecular complexity index is 1000. The minimum Gasteiger partial charge on any atom is -0.476 e. The van der Waals surface area contributed by atoms with Crippen molar-refractivity contribution >= 4 is 34.3 Å². The SMILES string of the molecule is CC(=NNC(=O)Nc1ccccc1)c1cc2ccccc2nc1C(=O)O. The zero-order valence-corrected chi connectivity index (χ0v) is 13.9. The van der Waals surface area contributed by atoms with Gasteiger partial charge in [0.2, 0.25) is 0 Å². The van der Waals surface area contributed by atoms with E-state index in [4.69, 9.17) is 0 Å². The van der Waals surface area contributed by atoms with Crippen LogP contribution in [0.4, 0.5) is 10.5 Å². The van der Waals surface area contributed by atoms with Gasteiger partial charge in [-0.15, -0.1) is 0 Å². The molecule has 26 heavy (non-hydrogen) atoms. The molecule has 130 valence electrons. The van der Waals surface area contributed by atoms with Crippen LogP contribution in [0.3, 0.4) is 0 Å². The fraction of sp³-hybridized carbons (Fsp3) is 0.0526. The first-order valence-electron chi connectivity index (χ1n) is 7.84. The first kappa shape index (κ1) is 17.1. The molecule has 0 saturated heterocycles. The molecule has 0 aliphatic rings. The quantitative estimate of drug-likeness (QED) is 0.496. The van der Waals surface area contributed by atoms with Gasteiger partial charge in [-0.3, -0.25) is 0 Å². The van der Waals surface area contributed by atoms with Gasteiger partial charge in [0, 0.05) is 16.6 Å². The highest BCUT2D eigenvalue weighted by Crippen LogP contribution is 2.17. The van der Waals surface area contributed by atoms with Crippen LogP contribution in [-0.4, -0.2) is 27.8 Å². The van der Waals surface area contributed by atoms with Crippen molar-refractivity contribution in [3.8, 4) is 0 Å². The number of carboxylic acids is 1. The van der Waals surface area contributed by atoms with Crippen LogP contribution in [0, 0.1) is 0 Å². The van der Waals surface area contributed by atoms with E-state index in [9.17, 15) is 14.7 Å². The average Bonchev–Trinajstić information content (AvgIpc) is 2.65. The number of amides is 2. The van der Waals surface area contributed by atoms with Crippen LogP contribution in [0.5, 0.6) is 0 Å². The highest BCUT2D eigenvalue weighted by atomic mass is 16.4. The molecule has 0 saturated carbocycles. The van der Waals surface area contributed by atoms with Gasteiger partial charge in [0.25, 0.3) is 0 Å².